The zero-order chi connectivity index (χ0) is 8.97. The van der Waals surface area contributed by atoms with E-state index in [1.54, 1.807) is 0 Å². The van der Waals surface area contributed by atoms with E-state index in [1.807, 2.05) is 0 Å². The highest BCUT2D eigenvalue weighted by Crippen LogP contribution is 2.14. The van der Waals surface area contributed by atoms with E-state index in [9.17, 15) is 0 Å². The molecule has 72 valence electrons. The minimum absolute atomic E-state index is 0.712. The number of hydrogen-bond acceptors (Lipinski definition) is 2. The lowest BCUT2D eigenvalue weighted by atomic mass is 9.99. The summed E-state index contributed by atoms with van der Waals surface area (Å²) in [5, 5.41) is 6.93. The van der Waals surface area contributed by atoms with Crippen LogP contribution < -0.4 is 10.6 Å². The van der Waals surface area contributed by atoms with E-state index in [-0.39, 0.29) is 0 Å². The van der Waals surface area contributed by atoms with Gasteiger partial charge in [0.05, 0.1) is 0 Å². The zero-order valence-corrected chi connectivity index (χ0v) is 8.56. The first-order chi connectivity index (χ1) is 5.74. The van der Waals surface area contributed by atoms with Gasteiger partial charge in [-0.05, 0) is 38.8 Å². The fourth-order valence-corrected chi connectivity index (χ4v) is 1.93. The quantitative estimate of drug-likeness (QED) is 0.666. The van der Waals surface area contributed by atoms with E-state index in [1.165, 1.54) is 25.8 Å². The molecule has 0 aliphatic carbocycles. The van der Waals surface area contributed by atoms with Crippen molar-refractivity contribution in [3.63, 3.8) is 0 Å². The van der Waals surface area contributed by atoms with Gasteiger partial charge in [-0.2, -0.15) is 0 Å². The van der Waals surface area contributed by atoms with E-state index >= 15 is 0 Å². The summed E-state index contributed by atoms with van der Waals surface area (Å²) in [5.41, 5.74) is 0. The van der Waals surface area contributed by atoms with Crippen molar-refractivity contribution in [1.82, 2.24) is 10.6 Å². The molecule has 1 fully saturated rings. The third-order valence-corrected chi connectivity index (χ3v) is 2.77. The molecule has 0 amide bonds. The molecular weight excluding hydrogens is 148 g/mol. The fourth-order valence-electron chi connectivity index (χ4n) is 1.93. The number of hydrogen-bond donors (Lipinski definition) is 2. The van der Waals surface area contributed by atoms with Crippen molar-refractivity contribution in [2.45, 2.75) is 45.2 Å². The Hall–Kier alpha value is -0.0800. The average Bonchev–Trinajstić information content (AvgIpc) is 2.47. The third-order valence-electron chi connectivity index (χ3n) is 2.77. The Labute approximate surface area is 76.1 Å². The van der Waals surface area contributed by atoms with Crippen molar-refractivity contribution >= 4 is 0 Å². The predicted molar refractivity (Wildman–Crippen MR) is 53.3 cm³/mol. The predicted octanol–water partition coefficient (Wildman–Crippen LogP) is 1.37. The highest BCUT2D eigenvalue weighted by molar-refractivity contribution is 4.87. The molecule has 1 aliphatic rings. The smallest absolute Gasteiger partial charge is 0.0230 e. The van der Waals surface area contributed by atoms with Gasteiger partial charge in [-0.1, -0.05) is 13.8 Å². The molecule has 0 saturated carbocycles. The molecule has 0 bridgehead atoms. The SMILES string of the molecule is CN[C@@H]1CCNC1CCC(C)C. The van der Waals surface area contributed by atoms with Crippen LogP contribution in [0.3, 0.4) is 0 Å². The molecule has 0 radical (unpaired) electrons. The van der Waals surface area contributed by atoms with Crippen LogP contribution in [0, 0.1) is 5.92 Å². The van der Waals surface area contributed by atoms with Gasteiger partial charge < -0.3 is 10.6 Å². The van der Waals surface area contributed by atoms with Gasteiger partial charge in [0, 0.05) is 12.1 Å². The summed E-state index contributed by atoms with van der Waals surface area (Å²) in [7, 11) is 2.07. The van der Waals surface area contributed by atoms with Gasteiger partial charge in [-0.15, -0.1) is 0 Å². The Morgan fingerprint density at radius 2 is 2.25 bits per heavy atom. The van der Waals surface area contributed by atoms with Crippen molar-refractivity contribution in [3.8, 4) is 0 Å². The van der Waals surface area contributed by atoms with E-state index in [4.69, 9.17) is 0 Å². The Bertz CT molecular complexity index is 123. The summed E-state index contributed by atoms with van der Waals surface area (Å²) >= 11 is 0. The maximum Gasteiger partial charge on any atom is 0.0230 e. The minimum Gasteiger partial charge on any atom is -0.315 e. The lowest BCUT2D eigenvalue weighted by molar-refractivity contribution is 0.413. The molecule has 0 aromatic carbocycles. The second-order valence-electron chi connectivity index (χ2n) is 4.22. The Kier molecular flexibility index (Phi) is 4.02. The first-order valence-corrected chi connectivity index (χ1v) is 5.14. The average molecular weight is 170 g/mol. The van der Waals surface area contributed by atoms with Crippen molar-refractivity contribution in [1.29, 1.82) is 0 Å². The van der Waals surface area contributed by atoms with Crippen LogP contribution in [-0.2, 0) is 0 Å². The highest BCUT2D eigenvalue weighted by Gasteiger charge is 2.24. The van der Waals surface area contributed by atoms with Gasteiger partial charge in [-0.25, -0.2) is 0 Å². The molecule has 1 rings (SSSR count). The first-order valence-electron chi connectivity index (χ1n) is 5.14. The molecule has 1 unspecified atom stereocenters. The molecule has 2 heteroatoms. The third kappa shape index (κ3) is 2.76. The van der Waals surface area contributed by atoms with Crippen LogP contribution in [0.4, 0.5) is 0 Å². The molecule has 1 aliphatic heterocycles. The monoisotopic (exact) mass is 170 g/mol. The summed E-state index contributed by atoms with van der Waals surface area (Å²) < 4.78 is 0. The van der Waals surface area contributed by atoms with Gasteiger partial charge in [-0.3, -0.25) is 0 Å². The van der Waals surface area contributed by atoms with Crippen LogP contribution in [0.5, 0.6) is 0 Å². The topological polar surface area (TPSA) is 24.1 Å². The van der Waals surface area contributed by atoms with Crippen molar-refractivity contribution in [2.75, 3.05) is 13.6 Å². The summed E-state index contributed by atoms with van der Waals surface area (Å²) in [5.74, 6) is 0.838. The molecule has 2 nitrogen and oxygen atoms in total. The van der Waals surface area contributed by atoms with E-state index in [0.29, 0.717) is 6.04 Å². The van der Waals surface area contributed by atoms with Gasteiger partial charge in [0.15, 0.2) is 0 Å². The molecule has 0 aromatic rings. The summed E-state index contributed by atoms with van der Waals surface area (Å²) in [4.78, 5) is 0. The molecule has 12 heavy (non-hydrogen) atoms. The van der Waals surface area contributed by atoms with Crippen LogP contribution in [0.15, 0.2) is 0 Å². The van der Waals surface area contributed by atoms with Crippen LogP contribution in [0.2, 0.25) is 0 Å². The lowest BCUT2D eigenvalue weighted by Gasteiger charge is -2.19. The molecule has 0 spiro atoms. The van der Waals surface area contributed by atoms with Crippen LogP contribution >= 0.6 is 0 Å². The second kappa shape index (κ2) is 4.83. The minimum atomic E-state index is 0.712. The van der Waals surface area contributed by atoms with Gasteiger partial charge in [0.2, 0.25) is 0 Å². The summed E-state index contributed by atoms with van der Waals surface area (Å²) in [6.07, 6.45) is 3.96. The Morgan fingerprint density at radius 3 is 2.83 bits per heavy atom. The molecule has 0 aromatic heterocycles. The number of nitrogens with one attached hydrogen (secondary N) is 2. The van der Waals surface area contributed by atoms with E-state index in [0.717, 1.165) is 12.0 Å². The first kappa shape index (κ1) is 10.0. The van der Waals surface area contributed by atoms with E-state index in [2.05, 4.69) is 31.5 Å². The fraction of sp³-hybridized carbons (Fsp3) is 1.00. The molecule has 1 saturated heterocycles. The highest BCUT2D eigenvalue weighted by atomic mass is 15.0. The van der Waals surface area contributed by atoms with Crippen molar-refractivity contribution < 1.29 is 0 Å². The van der Waals surface area contributed by atoms with Gasteiger partial charge in [0.1, 0.15) is 0 Å². The number of likely N-dealkylation sites (N-methyl/N-ethyl adjacent to an activating group) is 1. The van der Waals surface area contributed by atoms with Crippen LogP contribution in [0.1, 0.15) is 33.1 Å². The summed E-state index contributed by atoms with van der Waals surface area (Å²) in [6.45, 7) is 5.78. The molecule has 2 N–H and O–H groups in total. The Morgan fingerprint density at radius 1 is 1.50 bits per heavy atom. The molecule has 1 heterocycles. The normalized spacial score (nSPS) is 30.0. The second-order valence-corrected chi connectivity index (χ2v) is 4.22. The van der Waals surface area contributed by atoms with E-state index < -0.39 is 0 Å². The molecule has 2 atom stereocenters. The Balaban J connectivity index is 2.21. The largest absolute Gasteiger partial charge is 0.315 e. The van der Waals surface area contributed by atoms with Gasteiger partial charge in [0.25, 0.3) is 0 Å². The maximum atomic E-state index is 3.55. The van der Waals surface area contributed by atoms with Crippen LogP contribution in [-0.4, -0.2) is 25.7 Å². The standard InChI is InChI=1S/C10H22N2/c1-8(2)4-5-10-9(11-3)6-7-12-10/h8-12H,4-7H2,1-3H3/t9-,10?/m1/s1. The zero-order valence-electron chi connectivity index (χ0n) is 8.56. The van der Waals surface area contributed by atoms with Crippen molar-refractivity contribution in [3.05, 3.63) is 0 Å². The lowest BCUT2D eigenvalue weighted by Crippen LogP contribution is -2.38. The molecular formula is C10H22N2. The van der Waals surface area contributed by atoms with Gasteiger partial charge >= 0.3 is 0 Å². The summed E-state index contributed by atoms with van der Waals surface area (Å²) in [6, 6.07) is 1.43. The number of rotatable bonds is 4. The van der Waals surface area contributed by atoms with Crippen molar-refractivity contribution in [2.24, 2.45) is 5.92 Å². The van der Waals surface area contributed by atoms with Crippen LogP contribution in [0.25, 0.3) is 0 Å². The maximum absolute atomic E-state index is 3.55.